The van der Waals surface area contributed by atoms with Crippen LogP contribution in [0.3, 0.4) is 0 Å². The van der Waals surface area contributed by atoms with Crippen LogP contribution < -0.4 is 25.4 Å². The molecule has 4 N–H and O–H groups in total. The van der Waals surface area contributed by atoms with Crippen molar-refractivity contribution in [3.05, 3.63) is 12.1 Å². The number of ether oxygens (including phenoxy) is 3. The number of amidine groups is 1. The standard InChI is InChI=1S/C12H15N5O3/c1-18-9-4-7(5-10(19-2)11(9)20-3)16-17-8(6-13)12(14)15/h4-5,16H,1-3H3,(H3,14,15)/b17-8+. The van der Waals surface area contributed by atoms with Gasteiger partial charge in [0.15, 0.2) is 17.3 Å². The lowest BCUT2D eigenvalue weighted by Gasteiger charge is -2.13. The number of nitrogens with two attached hydrogens (primary N) is 1. The molecule has 1 aromatic carbocycles. The number of benzene rings is 1. The summed E-state index contributed by atoms with van der Waals surface area (Å²) in [4.78, 5) is 0. The Bertz CT molecular complexity index is 552. The summed E-state index contributed by atoms with van der Waals surface area (Å²) in [6.45, 7) is 0. The molecule has 0 aromatic heterocycles. The Kier molecular flexibility index (Phi) is 5.17. The molecule has 20 heavy (non-hydrogen) atoms. The van der Waals surface area contributed by atoms with Gasteiger partial charge >= 0.3 is 0 Å². The van der Waals surface area contributed by atoms with Crippen LogP contribution in [-0.2, 0) is 0 Å². The molecule has 0 bridgehead atoms. The van der Waals surface area contributed by atoms with Crippen molar-refractivity contribution in [2.24, 2.45) is 10.8 Å². The SMILES string of the molecule is COc1cc(N/N=C(\C#N)C(=N)N)cc(OC)c1OC. The molecule has 0 aliphatic heterocycles. The number of hydrogen-bond donors (Lipinski definition) is 3. The molecule has 1 rings (SSSR count). The number of hydrazone groups is 1. The molecule has 1 aromatic rings. The third kappa shape index (κ3) is 3.29. The molecule has 0 saturated heterocycles. The highest BCUT2D eigenvalue weighted by atomic mass is 16.5. The van der Waals surface area contributed by atoms with Gasteiger partial charge in [-0.25, -0.2) is 0 Å². The minimum Gasteiger partial charge on any atom is -0.493 e. The first kappa shape index (κ1) is 15.1. The highest BCUT2D eigenvalue weighted by Gasteiger charge is 2.13. The number of nitrogens with one attached hydrogen (secondary N) is 2. The van der Waals surface area contributed by atoms with Crippen molar-refractivity contribution in [3.8, 4) is 23.3 Å². The van der Waals surface area contributed by atoms with Gasteiger partial charge < -0.3 is 19.9 Å². The Morgan fingerprint density at radius 1 is 1.25 bits per heavy atom. The maximum Gasteiger partial charge on any atom is 0.203 e. The Morgan fingerprint density at radius 2 is 1.80 bits per heavy atom. The lowest BCUT2D eigenvalue weighted by atomic mass is 10.2. The van der Waals surface area contributed by atoms with Crippen molar-refractivity contribution < 1.29 is 14.2 Å². The summed E-state index contributed by atoms with van der Waals surface area (Å²) in [5.41, 5.74) is 8.07. The lowest BCUT2D eigenvalue weighted by molar-refractivity contribution is 0.324. The molecular formula is C12H15N5O3. The van der Waals surface area contributed by atoms with Crippen molar-refractivity contribution in [1.29, 1.82) is 10.7 Å². The van der Waals surface area contributed by atoms with E-state index in [-0.39, 0.29) is 5.71 Å². The minimum absolute atomic E-state index is 0.223. The van der Waals surface area contributed by atoms with Crippen LogP contribution in [0.25, 0.3) is 0 Å². The van der Waals surface area contributed by atoms with Gasteiger partial charge in [-0.05, 0) is 0 Å². The van der Waals surface area contributed by atoms with Crippen LogP contribution in [-0.4, -0.2) is 32.9 Å². The van der Waals surface area contributed by atoms with Crippen molar-refractivity contribution >= 4 is 17.2 Å². The molecule has 0 amide bonds. The van der Waals surface area contributed by atoms with Gasteiger partial charge in [-0.3, -0.25) is 10.8 Å². The largest absolute Gasteiger partial charge is 0.493 e. The molecule has 0 radical (unpaired) electrons. The highest BCUT2D eigenvalue weighted by Crippen LogP contribution is 2.39. The molecule has 8 nitrogen and oxygen atoms in total. The van der Waals surface area contributed by atoms with Gasteiger partial charge in [0.25, 0.3) is 0 Å². The van der Waals surface area contributed by atoms with Crippen LogP contribution in [0.2, 0.25) is 0 Å². The van der Waals surface area contributed by atoms with Gasteiger partial charge in [-0.1, -0.05) is 0 Å². The maximum atomic E-state index is 8.75. The van der Waals surface area contributed by atoms with Crippen LogP contribution in [0.15, 0.2) is 17.2 Å². The average Bonchev–Trinajstić information content (AvgIpc) is 2.46. The second-order valence-corrected chi connectivity index (χ2v) is 3.51. The predicted molar refractivity (Wildman–Crippen MR) is 74.7 cm³/mol. The number of nitriles is 1. The molecule has 8 heteroatoms. The van der Waals surface area contributed by atoms with Gasteiger partial charge in [-0.15, -0.1) is 0 Å². The highest BCUT2D eigenvalue weighted by molar-refractivity contribution is 6.45. The normalized spacial score (nSPS) is 10.4. The van der Waals surface area contributed by atoms with Gasteiger partial charge in [0.1, 0.15) is 6.07 Å². The molecule has 0 fully saturated rings. The molecule has 106 valence electrons. The minimum atomic E-state index is -0.424. The van der Waals surface area contributed by atoms with Gasteiger partial charge in [0.05, 0.1) is 27.0 Å². The van der Waals surface area contributed by atoms with Crippen LogP contribution in [0.4, 0.5) is 5.69 Å². The molecule has 0 atom stereocenters. The fourth-order valence-electron chi connectivity index (χ4n) is 1.41. The van der Waals surface area contributed by atoms with Gasteiger partial charge in [0, 0.05) is 12.1 Å². The number of methoxy groups -OCH3 is 3. The van der Waals surface area contributed by atoms with E-state index in [2.05, 4.69) is 10.5 Å². The summed E-state index contributed by atoms with van der Waals surface area (Å²) in [7, 11) is 4.47. The first-order valence-electron chi connectivity index (χ1n) is 5.45. The third-order valence-corrected chi connectivity index (χ3v) is 2.32. The first-order chi connectivity index (χ1) is 9.57. The second kappa shape index (κ2) is 6.84. The van der Waals surface area contributed by atoms with E-state index in [0.29, 0.717) is 22.9 Å². The summed E-state index contributed by atoms with van der Waals surface area (Å²) >= 11 is 0. The van der Waals surface area contributed by atoms with E-state index in [4.69, 9.17) is 30.6 Å². The predicted octanol–water partition coefficient (Wildman–Crippen LogP) is 0.940. The lowest BCUT2D eigenvalue weighted by Crippen LogP contribution is -2.21. The molecule has 0 spiro atoms. The zero-order chi connectivity index (χ0) is 15.1. The molecular weight excluding hydrogens is 262 g/mol. The van der Waals surface area contributed by atoms with Crippen LogP contribution >= 0.6 is 0 Å². The summed E-state index contributed by atoms with van der Waals surface area (Å²) in [6, 6.07) is 4.92. The average molecular weight is 277 g/mol. The summed E-state index contributed by atoms with van der Waals surface area (Å²) < 4.78 is 15.5. The topological polar surface area (TPSA) is 126 Å². The van der Waals surface area contributed by atoms with Crippen LogP contribution in [0.5, 0.6) is 17.2 Å². The van der Waals surface area contributed by atoms with E-state index in [1.807, 2.05) is 0 Å². The number of rotatable bonds is 6. The Labute approximate surface area is 116 Å². The van der Waals surface area contributed by atoms with E-state index < -0.39 is 5.84 Å². The monoisotopic (exact) mass is 277 g/mol. The molecule has 0 unspecified atom stereocenters. The van der Waals surface area contributed by atoms with Crippen molar-refractivity contribution in [1.82, 2.24) is 0 Å². The van der Waals surface area contributed by atoms with Crippen LogP contribution in [0, 0.1) is 16.7 Å². The van der Waals surface area contributed by atoms with E-state index in [1.54, 1.807) is 18.2 Å². The van der Waals surface area contributed by atoms with E-state index in [0.717, 1.165) is 0 Å². The van der Waals surface area contributed by atoms with Gasteiger partial charge in [-0.2, -0.15) is 10.4 Å². The Balaban J connectivity index is 3.15. The van der Waals surface area contributed by atoms with E-state index >= 15 is 0 Å². The number of nitrogens with zero attached hydrogens (tertiary/aromatic N) is 2. The van der Waals surface area contributed by atoms with E-state index in [9.17, 15) is 0 Å². The quantitative estimate of drug-likeness (QED) is 0.403. The Hall–Kier alpha value is -2.95. The molecule has 0 aliphatic rings. The third-order valence-electron chi connectivity index (χ3n) is 2.32. The van der Waals surface area contributed by atoms with Gasteiger partial charge in [0.2, 0.25) is 11.5 Å². The smallest absolute Gasteiger partial charge is 0.203 e. The summed E-state index contributed by atoms with van der Waals surface area (Å²) in [5.74, 6) is 0.890. The summed E-state index contributed by atoms with van der Waals surface area (Å²) in [6.07, 6.45) is 0. The van der Waals surface area contributed by atoms with Crippen LogP contribution in [0.1, 0.15) is 0 Å². The summed E-state index contributed by atoms with van der Waals surface area (Å²) in [5, 5.41) is 19.6. The molecule has 0 aliphatic carbocycles. The number of hydrogen-bond acceptors (Lipinski definition) is 7. The molecule has 0 saturated carbocycles. The van der Waals surface area contributed by atoms with Crippen molar-refractivity contribution in [2.45, 2.75) is 0 Å². The number of anilines is 1. The van der Waals surface area contributed by atoms with E-state index in [1.165, 1.54) is 21.3 Å². The maximum absolute atomic E-state index is 8.75. The zero-order valence-electron chi connectivity index (χ0n) is 11.4. The molecule has 0 heterocycles. The van der Waals surface area contributed by atoms with Crippen molar-refractivity contribution in [3.63, 3.8) is 0 Å². The van der Waals surface area contributed by atoms with Crippen molar-refractivity contribution in [2.75, 3.05) is 26.8 Å². The first-order valence-corrected chi connectivity index (χ1v) is 5.45. The fraction of sp³-hybridized carbons (Fsp3) is 0.250. The Morgan fingerprint density at radius 3 is 2.15 bits per heavy atom. The fourth-order valence-corrected chi connectivity index (χ4v) is 1.41. The second-order valence-electron chi connectivity index (χ2n) is 3.51. The zero-order valence-corrected chi connectivity index (χ0v) is 11.4.